The second kappa shape index (κ2) is 8.01. The highest BCUT2D eigenvalue weighted by Gasteiger charge is 2.41. The fraction of sp³-hybridized carbons (Fsp3) is 0.417. The molecule has 0 N–H and O–H groups in total. The molecule has 1 atom stereocenters. The first kappa shape index (κ1) is 19.0. The van der Waals surface area contributed by atoms with Crippen LogP contribution in [0.1, 0.15) is 37.4 Å². The van der Waals surface area contributed by atoms with Crippen LogP contribution in [-0.2, 0) is 11.3 Å². The van der Waals surface area contributed by atoms with E-state index in [9.17, 15) is 4.79 Å². The quantitative estimate of drug-likeness (QED) is 0.532. The van der Waals surface area contributed by atoms with E-state index in [-0.39, 0.29) is 11.8 Å². The van der Waals surface area contributed by atoms with Crippen LogP contribution in [-0.4, -0.2) is 46.7 Å². The van der Waals surface area contributed by atoms with Gasteiger partial charge in [-0.05, 0) is 55.7 Å². The van der Waals surface area contributed by atoms with Gasteiger partial charge < -0.3 is 18.9 Å². The summed E-state index contributed by atoms with van der Waals surface area (Å²) in [5, 5.41) is 0. The highest BCUT2D eigenvalue weighted by molar-refractivity contribution is 5.81. The molecule has 156 valence electrons. The van der Waals surface area contributed by atoms with E-state index in [2.05, 4.69) is 27.7 Å². The van der Waals surface area contributed by atoms with Gasteiger partial charge in [0.25, 0.3) is 0 Å². The maximum Gasteiger partial charge on any atom is 0.223 e. The number of methoxy groups -OCH3 is 1. The zero-order valence-corrected chi connectivity index (χ0v) is 17.3. The Bertz CT molecular complexity index is 1040. The van der Waals surface area contributed by atoms with Crippen LogP contribution in [0.2, 0.25) is 0 Å². The lowest BCUT2D eigenvalue weighted by Crippen LogP contribution is -2.27. The summed E-state index contributed by atoms with van der Waals surface area (Å²) in [7, 11) is 1.66. The number of rotatable bonds is 8. The van der Waals surface area contributed by atoms with E-state index in [4.69, 9.17) is 14.5 Å². The summed E-state index contributed by atoms with van der Waals surface area (Å²) in [6.45, 7) is 2.24. The molecule has 2 aromatic carbocycles. The molecule has 0 spiro atoms. The number of para-hydroxylation sites is 2. The largest absolute Gasteiger partial charge is 0.497 e. The van der Waals surface area contributed by atoms with Crippen LogP contribution in [0.15, 0.2) is 48.5 Å². The number of carbonyl (C=O) groups is 1. The molecule has 1 aliphatic heterocycles. The van der Waals surface area contributed by atoms with Gasteiger partial charge in [0.1, 0.15) is 17.3 Å². The molecular formula is C24H27N3O3. The third kappa shape index (κ3) is 3.74. The van der Waals surface area contributed by atoms with Crippen LogP contribution in [0.3, 0.4) is 0 Å². The van der Waals surface area contributed by atoms with Crippen molar-refractivity contribution in [2.24, 2.45) is 0 Å². The van der Waals surface area contributed by atoms with Crippen molar-refractivity contribution in [1.29, 1.82) is 0 Å². The number of benzene rings is 2. The van der Waals surface area contributed by atoms with Crippen molar-refractivity contribution in [2.45, 2.75) is 44.2 Å². The van der Waals surface area contributed by atoms with Gasteiger partial charge in [0, 0.05) is 31.5 Å². The van der Waals surface area contributed by atoms with Gasteiger partial charge in [0.2, 0.25) is 5.91 Å². The van der Waals surface area contributed by atoms with Gasteiger partial charge in [-0.25, -0.2) is 4.98 Å². The number of aryl methyl sites for hydroxylation is 1. The maximum absolute atomic E-state index is 12.5. The monoisotopic (exact) mass is 405 g/mol. The molecule has 1 aliphatic carbocycles. The van der Waals surface area contributed by atoms with Gasteiger partial charge in [-0.3, -0.25) is 4.79 Å². The molecule has 0 radical (unpaired) electrons. The van der Waals surface area contributed by atoms with Crippen molar-refractivity contribution in [3.63, 3.8) is 0 Å². The van der Waals surface area contributed by atoms with Crippen molar-refractivity contribution < 1.29 is 14.3 Å². The summed E-state index contributed by atoms with van der Waals surface area (Å²) >= 11 is 0. The average Bonchev–Trinajstić information content (AvgIpc) is 3.45. The van der Waals surface area contributed by atoms with Crippen LogP contribution in [0.4, 0.5) is 0 Å². The number of carbonyl (C=O) groups excluding carboxylic acids is 1. The summed E-state index contributed by atoms with van der Waals surface area (Å²) in [6, 6.07) is 16.4. The maximum atomic E-state index is 12.5. The van der Waals surface area contributed by atoms with Crippen molar-refractivity contribution in [3.8, 4) is 11.5 Å². The first-order valence-electron chi connectivity index (χ1n) is 10.7. The second-order valence-corrected chi connectivity index (χ2v) is 8.17. The van der Waals surface area contributed by atoms with Gasteiger partial charge in [-0.1, -0.05) is 12.1 Å². The summed E-state index contributed by atoms with van der Waals surface area (Å²) < 4.78 is 13.4. The molecule has 1 aromatic heterocycles. The molecule has 1 unspecified atom stereocenters. The van der Waals surface area contributed by atoms with Crippen LogP contribution in [0.5, 0.6) is 11.5 Å². The topological polar surface area (TPSA) is 56.6 Å². The van der Waals surface area contributed by atoms with Gasteiger partial charge in [-0.2, -0.15) is 0 Å². The molecule has 1 saturated carbocycles. The van der Waals surface area contributed by atoms with Crippen LogP contribution >= 0.6 is 0 Å². The molecule has 2 heterocycles. The number of imidazole rings is 1. The Kier molecular flexibility index (Phi) is 5.07. The predicted molar refractivity (Wildman–Crippen MR) is 115 cm³/mol. The zero-order chi connectivity index (χ0) is 20.5. The number of nitrogens with zero attached hydrogens (tertiary/aromatic N) is 3. The van der Waals surface area contributed by atoms with Crippen molar-refractivity contribution >= 4 is 16.9 Å². The van der Waals surface area contributed by atoms with Crippen molar-refractivity contribution in [3.05, 3.63) is 54.4 Å². The molecule has 1 saturated heterocycles. The van der Waals surface area contributed by atoms with E-state index in [0.717, 1.165) is 60.7 Å². The minimum atomic E-state index is 0.174. The first-order chi connectivity index (χ1) is 14.7. The summed E-state index contributed by atoms with van der Waals surface area (Å²) in [5.41, 5.74) is 2.13. The van der Waals surface area contributed by atoms with Crippen LogP contribution in [0.25, 0.3) is 11.0 Å². The number of aromatic nitrogens is 2. The number of likely N-dealkylation sites (tertiary alicyclic amines) is 1. The van der Waals surface area contributed by atoms with Crippen molar-refractivity contribution in [1.82, 2.24) is 14.5 Å². The van der Waals surface area contributed by atoms with E-state index in [1.165, 1.54) is 0 Å². The third-order valence-corrected chi connectivity index (χ3v) is 6.05. The van der Waals surface area contributed by atoms with E-state index in [1.54, 1.807) is 7.11 Å². The predicted octanol–water partition coefficient (Wildman–Crippen LogP) is 3.99. The van der Waals surface area contributed by atoms with E-state index >= 15 is 0 Å². The van der Waals surface area contributed by atoms with Crippen molar-refractivity contribution in [2.75, 3.05) is 20.3 Å². The fourth-order valence-corrected chi connectivity index (χ4v) is 4.37. The summed E-state index contributed by atoms with van der Waals surface area (Å²) in [5.74, 6) is 3.16. The number of amides is 1. The molecule has 2 aliphatic rings. The van der Waals surface area contributed by atoms with Gasteiger partial charge in [-0.15, -0.1) is 0 Å². The Labute approximate surface area is 176 Å². The lowest BCUT2D eigenvalue weighted by atomic mass is 10.1. The normalized spacial score (nSPS) is 18.9. The first-order valence-corrected chi connectivity index (χ1v) is 10.7. The third-order valence-electron chi connectivity index (χ3n) is 6.05. The van der Waals surface area contributed by atoms with Crippen LogP contribution in [0, 0.1) is 0 Å². The molecular weight excluding hydrogens is 378 g/mol. The zero-order valence-electron chi connectivity index (χ0n) is 17.3. The molecule has 2 fully saturated rings. The molecule has 30 heavy (non-hydrogen) atoms. The molecule has 6 heteroatoms. The summed E-state index contributed by atoms with van der Waals surface area (Å²) in [4.78, 5) is 19.5. The average molecular weight is 405 g/mol. The highest BCUT2D eigenvalue weighted by Crippen LogP contribution is 2.37. The minimum Gasteiger partial charge on any atom is -0.497 e. The Morgan fingerprint density at radius 3 is 2.60 bits per heavy atom. The van der Waals surface area contributed by atoms with E-state index in [1.807, 2.05) is 30.3 Å². The second-order valence-electron chi connectivity index (χ2n) is 8.17. The Balaban J connectivity index is 1.29. The summed E-state index contributed by atoms with van der Waals surface area (Å²) in [6.07, 6.45) is 3.74. The highest BCUT2D eigenvalue weighted by atomic mass is 16.5. The van der Waals surface area contributed by atoms with Gasteiger partial charge in [0.15, 0.2) is 0 Å². The lowest BCUT2D eigenvalue weighted by molar-refractivity contribution is -0.128. The Hall–Kier alpha value is -3.02. The molecule has 0 bridgehead atoms. The Morgan fingerprint density at radius 2 is 1.83 bits per heavy atom. The SMILES string of the molecule is COc1ccc(OCCCn2c(C3CC(=O)N(C4CC4)C3)nc3ccccc32)cc1. The lowest BCUT2D eigenvalue weighted by Gasteiger charge is -2.16. The number of hydrogen-bond acceptors (Lipinski definition) is 4. The number of ether oxygens (including phenoxy) is 2. The van der Waals surface area contributed by atoms with Gasteiger partial charge in [0.05, 0.1) is 24.8 Å². The molecule has 3 aromatic rings. The minimum absolute atomic E-state index is 0.174. The number of hydrogen-bond donors (Lipinski definition) is 0. The Morgan fingerprint density at radius 1 is 1.07 bits per heavy atom. The standard InChI is InChI=1S/C24H27N3O3/c1-29-19-9-11-20(12-10-19)30-14-4-13-26-22-6-3-2-5-21(22)25-24(26)17-15-23(28)27(16-17)18-7-8-18/h2-3,5-6,9-12,17-18H,4,7-8,13-16H2,1H3. The molecule has 6 nitrogen and oxygen atoms in total. The van der Waals surface area contributed by atoms with Crippen LogP contribution < -0.4 is 9.47 Å². The number of fused-ring (bicyclic) bond motifs is 1. The van der Waals surface area contributed by atoms with E-state index in [0.29, 0.717) is 19.1 Å². The van der Waals surface area contributed by atoms with E-state index < -0.39 is 0 Å². The van der Waals surface area contributed by atoms with Gasteiger partial charge >= 0.3 is 0 Å². The smallest absolute Gasteiger partial charge is 0.223 e. The molecule has 1 amide bonds. The fourth-order valence-electron chi connectivity index (χ4n) is 4.37. The molecule has 5 rings (SSSR count).